The van der Waals surface area contributed by atoms with Crippen LogP contribution in [0.4, 0.5) is 0 Å². The fraction of sp³-hybridized carbons (Fsp3) is 0.500. The summed E-state index contributed by atoms with van der Waals surface area (Å²) in [7, 11) is -1.77. The maximum atomic E-state index is 6.27. The second kappa shape index (κ2) is 8.10. The lowest BCUT2D eigenvalue weighted by atomic mass is 10.2. The molecule has 0 fully saturated rings. The molecule has 0 spiro atoms. The SMILES string of the molecule is CC(CO[Si](C)(C)C(C)(C)C)Oc1cc(-n2cccn2)c(I)cc1Br. The maximum absolute atomic E-state index is 6.27. The molecule has 25 heavy (non-hydrogen) atoms. The normalized spacial score (nSPS) is 13.8. The summed E-state index contributed by atoms with van der Waals surface area (Å²) in [5, 5.41) is 4.51. The molecule has 2 aromatic rings. The highest BCUT2D eigenvalue weighted by atomic mass is 127. The monoisotopic (exact) mass is 536 g/mol. The van der Waals surface area contributed by atoms with E-state index in [1.54, 1.807) is 6.20 Å². The van der Waals surface area contributed by atoms with E-state index in [2.05, 4.69) is 77.5 Å². The van der Waals surface area contributed by atoms with Gasteiger partial charge in [-0.15, -0.1) is 0 Å². The van der Waals surface area contributed by atoms with Crippen molar-refractivity contribution in [2.24, 2.45) is 0 Å². The van der Waals surface area contributed by atoms with E-state index in [0.717, 1.165) is 19.5 Å². The first kappa shape index (κ1) is 20.9. The van der Waals surface area contributed by atoms with Crippen LogP contribution in [0.15, 0.2) is 35.1 Å². The summed E-state index contributed by atoms with van der Waals surface area (Å²) in [6, 6.07) is 5.98. The number of ether oxygens (including phenoxy) is 1. The van der Waals surface area contributed by atoms with Crippen LogP contribution in [0.5, 0.6) is 5.75 Å². The van der Waals surface area contributed by atoms with E-state index in [1.165, 1.54) is 0 Å². The minimum atomic E-state index is -1.77. The molecular formula is C18H26BrIN2O2Si. The van der Waals surface area contributed by atoms with Gasteiger partial charge < -0.3 is 9.16 Å². The first-order chi connectivity index (χ1) is 11.5. The zero-order chi connectivity index (χ0) is 18.8. The van der Waals surface area contributed by atoms with Crippen molar-refractivity contribution in [3.63, 3.8) is 0 Å². The van der Waals surface area contributed by atoms with Crippen LogP contribution in [0, 0.1) is 3.57 Å². The molecule has 0 N–H and O–H groups in total. The molecule has 1 aromatic heterocycles. The minimum Gasteiger partial charge on any atom is -0.487 e. The van der Waals surface area contributed by atoms with Crippen molar-refractivity contribution >= 4 is 46.8 Å². The van der Waals surface area contributed by atoms with Gasteiger partial charge in [-0.2, -0.15) is 5.10 Å². The van der Waals surface area contributed by atoms with Gasteiger partial charge in [-0.1, -0.05) is 20.8 Å². The number of halogens is 2. The van der Waals surface area contributed by atoms with Crippen molar-refractivity contribution in [2.75, 3.05) is 6.61 Å². The first-order valence-corrected chi connectivity index (χ1v) is 13.1. The van der Waals surface area contributed by atoms with Gasteiger partial charge in [-0.3, -0.25) is 0 Å². The molecular weight excluding hydrogens is 511 g/mol. The lowest BCUT2D eigenvalue weighted by Crippen LogP contribution is -2.43. The van der Waals surface area contributed by atoms with E-state index in [1.807, 2.05) is 36.0 Å². The fourth-order valence-electron chi connectivity index (χ4n) is 1.99. The van der Waals surface area contributed by atoms with Gasteiger partial charge in [0.25, 0.3) is 0 Å². The smallest absolute Gasteiger partial charge is 0.192 e. The van der Waals surface area contributed by atoms with Crippen molar-refractivity contribution in [2.45, 2.75) is 51.9 Å². The standard InChI is InChI=1S/C18H26BrIN2O2Si/c1-13(12-23-25(5,6)18(2,3)4)24-17-11-16(15(20)10-14(17)19)22-9-7-8-21-22/h7-11,13H,12H2,1-6H3. The second-order valence-corrected chi connectivity index (χ2v) is 14.5. The van der Waals surface area contributed by atoms with E-state index >= 15 is 0 Å². The van der Waals surface area contributed by atoms with Crippen LogP contribution in [0.3, 0.4) is 0 Å². The zero-order valence-corrected chi connectivity index (χ0v) is 20.4. The number of rotatable bonds is 6. The Morgan fingerprint density at radius 1 is 1.32 bits per heavy atom. The maximum Gasteiger partial charge on any atom is 0.192 e. The van der Waals surface area contributed by atoms with E-state index in [4.69, 9.17) is 9.16 Å². The predicted molar refractivity (Wildman–Crippen MR) is 117 cm³/mol. The Morgan fingerprint density at radius 3 is 2.56 bits per heavy atom. The van der Waals surface area contributed by atoms with Crippen molar-refractivity contribution in [3.05, 3.63) is 38.6 Å². The van der Waals surface area contributed by atoms with Gasteiger partial charge in [0.15, 0.2) is 8.32 Å². The highest BCUT2D eigenvalue weighted by Gasteiger charge is 2.37. The number of hydrogen-bond donors (Lipinski definition) is 0. The molecule has 2 rings (SSSR count). The van der Waals surface area contributed by atoms with Crippen LogP contribution in [0.1, 0.15) is 27.7 Å². The summed E-state index contributed by atoms with van der Waals surface area (Å²) in [5.74, 6) is 0.803. The Hall–Kier alpha value is -0.383. The van der Waals surface area contributed by atoms with Gasteiger partial charge >= 0.3 is 0 Å². The molecule has 138 valence electrons. The topological polar surface area (TPSA) is 36.3 Å². The van der Waals surface area contributed by atoms with Gasteiger partial charge in [-0.25, -0.2) is 4.68 Å². The average Bonchev–Trinajstić information content (AvgIpc) is 3.01. The molecule has 0 bridgehead atoms. The Balaban J connectivity index is 2.11. The molecule has 0 aliphatic rings. The van der Waals surface area contributed by atoms with Crippen LogP contribution in [-0.2, 0) is 4.43 Å². The van der Waals surface area contributed by atoms with Crippen molar-refractivity contribution in [1.29, 1.82) is 0 Å². The molecule has 0 saturated heterocycles. The number of aromatic nitrogens is 2. The molecule has 1 aromatic carbocycles. The summed E-state index contributed by atoms with van der Waals surface area (Å²) < 4.78 is 16.3. The quantitative estimate of drug-likeness (QED) is 0.334. The van der Waals surface area contributed by atoms with E-state index in [9.17, 15) is 0 Å². The lowest BCUT2D eigenvalue weighted by Gasteiger charge is -2.37. The third kappa shape index (κ3) is 5.30. The van der Waals surface area contributed by atoms with Gasteiger partial charge in [0.1, 0.15) is 11.9 Å². The summed E-state index contributed by atoms with van der Waals surface area (Å²) in [4.78, 5) is 0. The molecule has 0 amide bonds. The lowest BCUT2D eigenvalue weighted by molar-refractivity contribution is 0.133. The summed E-state index contributed by atoms with van der Waals surface area (Å²) in [5.41, 5.74) is 1.00. The number of benzene rings is 1. The van der Waals surface area contributed by atoms with Crippen molar-refractivity contribution in [3.8, 4) is 11.4 Å². The molecule has 1 unspecified atom stereocenters. The van der Waals surface area contributed by atoms with Crippen molar-refractivity contribution < 1.29 is 9.16 Å². The highest BCUT2D eigenvalue weighted by molar-refractivity contribution is 14.1. The van der Waals surface area contributed by atoms with Crippen LogP contribution in [-0.4, -0.2) is 30.8 Å². The molecule has 0 aliphatic carbocycles. The van der Waals surface area contributed by atoms with Crippen LogP contribution in [0.2, 0.25) is 18.1 Å². The van der Waals surface area contributed by atoms with Gasteiger partial charge in [0.2, 0.25) is 0 Å². The minimum absolute atomic E-state index is 0.0315. The number of nitrogens with zero attached hydrogens (tertiary/aromatic N) is 2. The molecule has 0 saturated carbocycles. The second-order valence-electron chi connectivity index (χ2n) is 7.68. The predicted octanol–water partition coefficient (Wildman–Crippen LogP) is 6.03. The van der Waals surface area contributed by atoms with E-state index < -0.39 is 8.32 Å². The van der Waals surface area contributed by atoms with Gasteiger partial charge in [-0.05, 0) is 75.7 Å². The molecule has 1 atom stereocenters. The summed E-state index contributed by atoms with van der Waals surface area (Å²) in [6.45, 7) is 13.9. The summed E-state index contributed by atoms with van der Waals surface area (Å²) in [6.07, 6.45) is 3.67. The zero-order valence-electron chi connectivity index (χ0n) is 15.6. The first-order valence-electron chi connectivity index (χ1n) is 8.31. The van der Waals surface area contributed by atoms with Gasteiger partial charge in [0, 0.05) is 22.0 Å². The van der Waals surface area contributed by atoms with E-state index in [-0.39, 0.29) is 11.1 Å². The molecule has 1 heterocycles. The summed E-state index contributed by atoms with van der Waals surface area (Å²) >= 11 is 5.91. The molecule has 4 nitrogen and oxygen atoms in total. The van der Waals surface area contributed by atoms with Crippen molar-refractivity contribution in [1.82, 2.24) is 9.78 Å². The Bertz CT molecular complexity index is 715. The molecule has 0 radical (unpaired) electrons. The van der Waals surface area contributed by atoms with E-state index in [0.29, 0.717) is 6.61 Å². The van der Waals surface area contributed by atoms with Crippen LogP contribution >= 0.6 is 38.5 Å². The Labute approximate surface area is 173 Å². The van der Waals surface area contributed by atoms with Gasteiger partial charge in [0.05, 0.1) is 16.8 Å². The molecule has 7 heteroatoms. The third-order valence-corrected chi connectivity index (χ3v) is 10.6. The number of hydrogen-bond acceptors (Lipinski definition) is 3. The van der Waals surface area contributed by atoms with Crippen LogP contribution < -0.4 is 4.74 Å². The Kier molecular flexibility index (Phi) is 6.78. The largest absolute Gasteiger partial charge is 0.487 e. The Morgan fingerprint density at radius 2 is 2.00 bits per heavy atom. The third-order valence-electron chi connectivity index (χ3n) is 4.57. The average molecular weight is 537 g/mol. The van der Waals surface area contributed by atoms with Crippen LogP contribution in [0.25, 0.3) is 5.69 Å². The highest BCUT2D eigenvalue weighted by Crippen LogP contribution is 2.37. The molecule has 0 aliphatic heterocycles. The fourth-order valence-corrected chi connectivity index (χ4v) is 4.65.